The summed E-state index contributed by atoms with van der Waals surface area (Å²) in [5.74, 6) is 1.52. The fourth-order valence-corrected chi connectivity index (χ4v) is 1.96. The van der Waals surface area contributed by atoms with Crippen molar-refractivity contribution in [3.8, 4) is 22.6 Å². The average molecular weight is 257 g/mol. The lowest BCUT2D eigenvalue weighted by Gasteiger charge is -2.11. The van der Waals surface area contributed by atoms with Crippen molar-refractivity contribution in [1.29, 1.82) is 0 Å². The van der Waals surface area contributed by atoms with E-state index in [2.05, 4.69) is 12.1 Å². The van der Waals surface area contributed by atoms with Crippen LogP contribution in [-0.4, -0.2) is 13.7 Å². The number of rotatable bonds is 5. The van der Waals surface area contributed by atoms with Gasteiger partial charge in [0.2, 0.25) is 0 Å². The van der Waals surface area contributed by atoms with Gasteiger partial charge in [-0.2, -0.15) is 0 Å². The molecule has 0 aromatic heterocycles. The Balaban J connectivity index is 2.35. The van der Waals surface area contributed by atoms with Gasteiger partial charge >= 0.3 is 0 Å². The lowest BCUT2D eigenvalue weighted by atomic mass is 10.0. The predicted molar refractivity (Wildman–Crippen MR) is 77.5 cm³/mol. The van der Waals surface area contributed by atoms with Gasteiger partial charge in [0.25, 0.3) is 0 Å². The van der Waals surface area contributed by atoms with Crippen LogP contribution < -0.4 is 15.2 Å². The Hall–Kier alpha value is -2.00. The molecule has 0 aliphatic rings. The van der Waals surface area contributed by atoms with Crippen molar-refractivity contribution < 1.29 is 9.47 Å². The van der Waals surface area contributed by atoms with Gasteiger partial charge in [-0.1, -0.05) is 30.3 Å². The van der Waals surface area contributed by atoms with Crippen molar-refractivity contribution in [3.63, 3.8) is 0 Å². The van der Waals surface area contributed by atoms with Gasteiger partial charge in [-0.15, -0.1) is 0 Å². The fraction of sp³-hybridized carbons (Fsp3) is 0.250. The van der Waals surface area contributed by atoms with Crippen LogP contribution in [0.25, 0.3) is 11.1 Å². The van der Waals surface area contributed by atoms with Gasteiger partial charge in [-0.3, -0.25) is 0 Å². The number of methoxy groups -OCH3 is 1. The molecule has 0 heterocycles. The van der Waals surface area contributed by atoms with Gasteiger partial charge in [0.05, 0.1) is 13.7 Å². The van der Waals surface area contributed by atoms with E-state index in [1.807, 2.05) is 37.3 Å². The Kier molecular flexibility index (Phi) is 4.42. The van der Waals surface area contributed by atoms with Crippen LogP contribution in [-0.2, 0) is 6.54 Å². The minimum Gasteiger partial charge on any atom is -0.493 e. The molecule has 0 amide bonds. The van der Waals surface area contributed by atoms with E-state index < -0.39 is 0 Å². The Morgan fingerprint density at radius 1 is 0.947 bits per heavy atom. The molecule has 2 rings (SSSR count). The molecular weight excluding hydrogens is 238 g/mol. The first-order valence-electron chi connectivity index (χ1n) is 6.38. The first-order chi connectivity index (χ1) is 9.28. The number of ether oxygens (including phenoxy) is 2. The van der Waals surface area contributed by atoms with Crippen molar-refractivity contribution in [3.05, 3.63) is 48.0 Å². The van der Waals surface area contributed by atoms with Gasteiger partial charge < -0.3 is 15.2 Å². The normalized spacial score (nSPS) is 10.3. The number of hydrogen-bond donors (Lipinski definition) is 1. The van der Waals surface area contributed by atoms with Crippen LogP contribution in [0.2, 0.25) is 0 Å². The molecule has 0 fully saturated rings. The molecule has 0 aliphatic carbocycles. The van der Waals surface area contributed by atoms with Gasteiger partial charge in [0, 0.05) is 6.54 Å². The van der Waals surface area contributed by atoms with Crippen LogP contribution in [0, 0.1) is 0 Å². The zero-order valence-electron chi connectivity index (χ0n) is 11.3. The van der Waals surface area contributed by atoms with Gasteiger partial charge in [0.15, 0.2) is 11.5 Å². The zero-order chi connectivity index (χ0) is 13.7. The van der Waals surface area contributed by atoms with E-state index in [0.29, 0.717) is 13.2 Å². The van der Waals surface area contributed by atoms with E-state index in [0.717, 1.165) is 28.2 Å². The van der Waals surface area contributed by atoms with E-state index in [9.17, 15) is 0 Å². The summed E-state index contributed by atoms with van der Waals surface area (Å²) in [5.41, 5.74) is 8.97. The molecular formula is C16H19NO2. The third-order valence-electron chi connectivity index (χ3n) is 2.99. The lowest BCUT2D eigenvalue weighted by Crippen LogP contribution is -1.96. The maximum atomic E-state index is 5.60. The van der Waals surface area contributed by atoms with Crippen LogP contribution >= 0.6 is 0 Å². The molecule has 0 saturated heterocycles. The van der Waals surface area contributed by atoms with E-state index >= 15 is 0 Å². The zero-order valence-corrected chi connectivity index (χ0v) is 11.3. The SMILES string of the molecule is CCOc1cc(-c2ccc(CN)cc2)ccc1OC. The molecule has 0 aliphatic heterocycles. The standard InChI is InChI=1S/C16H19NO2/c1-3-19-16-10-14(8-9-15(16)18-2)13-6-4-12(11-17)5-7-13/h4-10H,3,11,17H2,1-2H3. The third kappa shape index (κ3) is 3.06. The molecule has 2 aromatic carbocycles. The molecule has 0 bridgehead atoms. The Labute approximate surface area is 114 Å². The van der Waals surface area contributed by atoms with E-state index in [4.69, 9.17) is 15.2 Å². The third-order valence-corrected chi connectivity index (χ3v) is 2.99. The number of benzene rings is 2. The predicted octanol–water partition coefficient (Wildman–Crippen LogP) is 3.22. The largest absolute Gasteiger partial charge is 0.493 e. The summed E-state index contributed by atoms with van der Waals surface area (Å²) < 4.78 is 10.9. The Bertz CT molecular complexity index is 535. The van der Waals surface area contributed by atoms with Crippen LogP contribution in [0.3, 0.4) is 0 Å². The number of hydrogen-bond acceptors (Lipinski definition) is 3. The highest BCUT2D eigenvalue weighted by Crippen LogP contribution is 2.32. The van der Waals surface area contributed by atoms with Gasteiger partial charge in [-0.05, 0) is 35.7 Å². The van der Waals surface area contributed by atoms with Crippen LogP contribution in [0.5, 0.6) is 11.5 Å². The first-order valence-corrected chi connectivity index (χ1v) is 6.38. The van der Waals surface area contributed by atoms with Crippen molar-refractivity contribution in [2.24, 2.45) is 5.73 Å². The molecule has 0 saturated carbocycles. The lowest BCUT2D eigenvalue weighted by molar-refractivity contribution is 0.311. The fourth-order valence-electron chi connectivity index (χ4n) is 1.96. The monoisotopic (exact) mass is 257 g/mol. The molecule has 3 heteroatoms. The molecule has 2 N–H and O–H groups in total. The smallest absolute Gasteiger partial charge is 0.161 e. The molecule has 0 spiro atoms. The summed E-state index contributed by atoms with van der Waals surface area (Å²) in [6, 6.07) is 14.2. The molecule has 0 atom stereocenters. The quantitative estimate of drug-likeness (QED) is 0.894. The summed E-state index contributed by atoms with van der Waals surface area (Å²) in [5, 5.41) is 0. The Morgan fingerprint density at radius 2 is 1.63 bits per heavy atom. The van der Waals surface area contributed by atoms with Gasteiger partial charge in [-0.25, -0.2) is 0 Å². The highest BCUT2D eigenvalue weighted by Gasteiger charge is 2.06. The molecule has 0 radical (unpaired) electrons. The molecule has 100 valence electrons. The summed E-state index contributed by atoms with van der Waals surface area (Å²) in [6.07, 6.45) is 0. The molecule has 2 aromatic rings. The molecule has 0 unspecified atom stereocenters. The van der Waals surface area contributed by atoms with Crippen molar-refractivity contribution in [2.75, 3.05) is 13.7 Å². The highest BCUT2D eigenvalue weighted by molar-refractivity contribution is 5.67. The summed E-state index contributed by atoms with van der Waals surface area (Å²) in [4.78, 5) is 0. The van der Waals surface area contributed by atoms with Crippen molar-refractivity contribution in [2.45, 2.75) is 13.5 Å². The van der Waals surface area contributed by atoms with Crippen LogP contribution in [0.4, 0.5) is 0 Å². The highest BCUT2D eigenvalue weighted by atomic mass is 16.5. The second-order valence-electron chi connectivity index (χ2n) is 4.20. The summed E-state index contributed by atoms with van der Waals surface area (Å²) in [7, 11) is 1.65. The maximum Gasteiger partial charge on any atom is 0.161 e. The average Bonchev–Trinajstić information content (AvgIpc) is 2.47. The maximum absolute atomic E-state index is 5.60. The van der Waals surface area contributed by atoms with Crippen molar-refractivity contribution in [1.82, 2.24) is 0 Å². The summed E-state index contributed by atoms with van der Waals surface area (Å²) in [6.45, 7) is 3.14. The van der Waals surface area contributed by atoms with Crippen molar-refractivity contribution >= 4 is 0 Å². The number of nitrogens with two attached hydrogens (primary N) is 1. The minimum absolute atomic E-state index is 0.563. The summed E-state index contributed by atoms with van der Waals surface area (Å²) >= 11 is 0. The van der Waals surface area contributed by atoms with E-state index in [-0.39, 0.29) is 0 Å². The molecule has 3 nitrogen and oxygen atoms in total. The van der Waals surface area contributed by atoms with Gasteiger partial charge in [0.1, 0.15) is 0 Å². The van der Waals surface area contributed by atoms with Crippen LogP contribution in [0.15, 0.2) is 42.5 Å². The second kappa shape index (κ2) is 6.25. The first kappa shape index (κ1) is 13.4. The molecule has 19 heavy (non-hydrogen) atoms. The van der Waals surface area contributed by atoms with E-state index in [1.54, 1.807) is 7.11 Å². The second-order valence-corrected chi connectivity index (χ2v) is 4.20. The van der Waals surface area contributed by atoms with E-state index in [1.165, 1.54) is 0 Å². The van der Waals surface area contributed by atoms with Crippen LogP contribution in [0.1, 0.15) is 12.5 Å². The minimum atomic E-state index is 0.563. The topological polar surface area (TPSA) is 44.5 Å². The Morgan fingerprint density at radius 3 is 2.21 bits per heavy atom.